The van der Waals surface area contributed by atoms with E-state index in [4.69, 9.17) is 24.3 Å². The zero-order valence-corrected chi connectivity index (χ0v) is 30.9. The van der Waals surface area contributed by atoms with E-state index in [0.29, 0.717) is 6.61 Å². The van der Waals surface area contributed by atoms with Crippen molar-refractivity contribution in [3.63, 3.8) is 0 Å². The second-order valence-corrected chi connectivity index (χ2v) is 13.5. The highest BCUT2D eigenvalue weighted by Crippen LogP contribution is 2.43. The minimum absolute atomic E-state index is 0.0928. The van der Waals surface area contributed by atoms with E-state index < -0.39 is 13.9 Å². The van der Waals surface area contributed by atoms with Gasteiger partial charge in [-0.1, -0.05) is 120 Å². The Kier molecular flexibility index (Phi) is 34.6. The highest BCUT2D eigenvalue weighted by atomic mass is 31.2. The summed E-state index contributed by atoms with van der Waals surface area (Å²) in [5, 5.41) is 0. The van der Waals surface area contributed by atoms with E-state index in [1.165, 1.54) is 70.6 Å². The SMILES string of the molecule is CC/C=C\C/C=C\C/C=C\CCCCCC(=O)OC(COCCCCCCCC/C=C\CCCCCCC)COP(=O)(O)OCCN. The third kappa shape index (κ3) is 35.6. The second kappa shape index (κ2) is 35.8. The summed E-state index contributed by atoms with van der Waals surface area (Å²) in [5.74, 6) is -0.363. The van der Waals surface area contributed by atoms with Gasteiger partial charge in [0.05, 0.1) is 19.8 Å². The van der Waals surface area contributed by atoms with Gasteiger partial charge in [-0.05, 0) is 70.6 Å². The summed E-state index contributed by atoms with van der Waals surface area (Å²) < 4.78 is 33.2. The van der Waals surface area contributed by atoms with Gasteiger partial charge in [0, 0.05) is 19.6 Å². The molecule has 0 aromatic rings. The maximum Gasteiger partial charge on any atom is 0.472 e. The van der Waals surface area contributed by atoms with Crippen molar-refractivity contribution >= 4 is 13.8 Å². The molecule has 274 valence electrons. The fraction of sp³-hybridized carbons (Fsp3) is 0.763. The fourth-order valence-corrected chi connectivity index (χ4v) is 5.53. The second-order valence-electron chi connectivity index (χ2n) is 12.1. The average Bonchev–Trinajstić information content (AvgIpc) is 3.06. The van der Waals surface area contributed by atoms with Crippen LogP contribution in [0.4, 0.5) is 0 Å². The van der Waals surface area contributed by atoms with Crippen molar-refractivity contribution in [1.29, 1.82) is 0 Å². The van der Waals surface area contributed by atoms with Crippen molar-refractivity contribution < 1.29 is 32.8 Å². The van der Waals surface area contributed by atoms with Crippen molar-refractivity contribution in [2.24, 2.45) is 5.73 Å². The normalized spacial score (nSPS) is 14.2. The monoisotopic (exact) mass is 683 g/mol. The van der Waals surface area contributed by atoms with E-state index in [0.717, 1.165) is 57.8 Å². The standard InChI is InChI=1S/C38H70NO7P/c1-3-5-7-9-11-13-15-17-18-20-22-24-26-28-30-33-43-35-37(36-45-47(41,42)44-34-32-39)46-38(40)31-29-27-25-23-21-19-16-14-12-10-8-6-4-2/h6,8,12,14-15,17,19,21,37H,3-5,7,9-11,13,16,18,20,22-36,39H2,1-2H3,(H,41,42)/b8-6-,14-12-,17-15-,21-19-. The smallest absolute Gasteiger partial charge is 0.457 e. The molecular weight excluding hydrogens is 613 g/mol. The van der Waals surface area contributed by atoms with Crippen molar-refractivity contribution in [3.8, 4) is 0 Å². The Morgan fingerprint density at radius 3 is 1.81 bits per heavy atom. The van der Waals surface area contributed by atoms with Gasteiger partial charge < -0.3 is 20.1 Å². The van der Waals surface area contributed by atoms with Gasteiger partial charge in [-0.2, -0.15) is 0 Å². The van der Waals surface area contributed by atoms with Crippen LogP contribution in [0.3, 0.4) is 0 Å². The molecule has 8 nitrogen and oxygen atoms in total. The molecule has 0 aromatic carbocycles. The molecule has 0 aromatic heterocycles. The van der Waals surface area contributed by atoms with Crippen molar-refractivity contribution in [1.82, 2.24) is 0 Å². The van der Waals surface area contributed by atoms with E-state index in [2.05, 4.69) is 62.5 Å². The van der Waals surface area contributed by atoms with Gasteiger partial charge >= 0.3 is 13.8 Å². The molecule has 3 N–H and O–H groups in total. The molecule has 0 saturated heterocycles. The average molecular weight is 684 g/mol. The minimum atomic E-state index is -4.28. The zero-order valence-electron chi connectivity index (χ0n) is 30.0. The first-order valence-electron chi connectivity index (χ1n) is 18.6. The van der Waals surface area contributed by atoms with E-state index in [1.807, 2.05) is 0 Å². The van der Waals surface area contributed by atoms with Crippen LogP contribution in [0.1, 0.15) is 149 Å². The van der Waals surface area contributed by atoms with E-state index in [9.17, 15) is 14.3 Å². The Labute approximate surface area is 288 Å². The van der Waals surface area contributed by atoms with Crippen molar-refractivity contribution in [2.45, 2.75) is 155 Å². The molecule has 2 unspecified atom stereocenters. The summed E-state index contributed by atoms with van der Waals surface area (Å²) in [7, 11) is -4.28. The van der Waals surface area contributed by atoms with Gasteiger partial charge in [-0.3, -0.25) is 13.8 Å². The van der Waals surface area contributed by atoms with Crippen LogP contribution in [-0.2, 0) is 27.9 Å². The number of nitrogens with two attached hydrogens (primary N) is 1. The number of rotatable bonds is 35. The number of unbranched alkanes of at least 4 members (excludes halogenated alkanes) is 14. The molecule has 0 spiro atoms. The number of allylic oxidation sites excluding steroid dienone is 8. The first kappa shape index (κ1) is 45.5. The lowest BCUT2D eigenvalue weighted by Gasteiger charge is -2.20. The van der Waals surface area contributed by atoms with Crippen LogP contribution in [0.15, 0.2) is 48.6 Å². The lowest BCUT2D eigenvalue weighted by atomic mass is 10.1. The van der Waals surface area contributed by atoms with E-state index in [1.54, 1.807) is 0 Å². The van der Waals surface area contributed by atoms with Crippen LogP contribution in [0.5, 0.6) is 0 Å². The number of carbonyl (C=O) groups is 1. The van der Waals surface area contributed by atoms with Crippen LogP contribution >= 0.6 is 7.82 Å². The molecular formula is C38H70NO7P. The third-order valence-corrected chi connectivity index (χ3v) is 8.46. The zero-order chi connectivity index (χ0) is 34.5. The van der Waals surface area contributed by atoms with Gasteiger partial charge in [0.1, 0.15) is 6.10 Å². The van der Waals surface area contributed by atoms with E-state index in [-0.39, 0.29) is 38.8 Å². The van der Waals surface area contributed by atoms with Crippen LogP contribution in [0.2, 0.25) is 0 Å². The quantitative estimate of drug-likeness (QED) is 0.0293. The Balaban J connectivity index is 4.16. The number of esters is 1. The number of ether oxygens (including phenoxy) is 2. The molecule has 0 radical (unpaired) electrons. The summed E-state index contributed by atoms with van der Waals surface area (Å²) in [6.07, 6.45) is 39.8. The van der Waals surface area contributed by atoms with Crippen LogP contribution in [0.25, 0.3) is 0 Å². The van der Waals surface area contributed by atoms with Crippen LogP contribution < -0.4 is 5.73 Å². The first-order valence-corrected chi connectivity index (χ1v) is 20.1. The number of hydrogen-bond donors (Lipinski definition) is 2. The number of phosphoric ester groups is 1. The molecule has 0 fully saturated rings. The van der Waals surface area contributed by atoms with Crippen LogP contribution in [0, 0.1) is 0 Å². The number of carbonyl (C=O) groups excluding carboxylic acids is 1. The molecule has 0 amide bonds. The van der Waals surface area contributed by atoms with Gasteiger partial charge in [0.2, 0.25) is 0 Å². The van der Waals surface area contributed by atoms with E-state index >= 15 is 0 Å². The Hall–Kier alpha value is -1.54. The third-order valence-electron chi connectivity index (χ3n) is 7.48. The molecule has 0 aliphatic rings. The van der Waals surface area contributed by atoms with Gasteiger partial charge in [-0.15, -0.1) is 0 Å². The lowest BCUT2D eigenvalue weighted by molar-refractivity contribution is -0.154. The summed E-state index contributed by atoms with van der Waals surface area (Å²) >= 11 is 0. The Morgan fingerprint density at radius 2 is 1.19 bits per heavy atom. The first-order chi connectivity index (χ1) is 22.9. The van der Waals surface area contributed by atoms with Crippen molar-refractivity contribution in [3.05, 3.63) is 48.6 Å². The summed E-state index contributed by atoms with van der Waals surface area (Å²) in [6, 6.07) is 0. The van der Waals surface area contributed by atoms with Gasteiger partial charge in [0.15, 0.2) is 0 Å². The predicted molar refractivity (Wildman–Crippen MR) is 196 cm³/mol. The molecule has 2 atom stereocenters. The highest BCUT2D eigenvalue weighted by Gasteiger charge is 2.25. The summed E-state index contributed by atoms with van der Waals surface area (Å²) in [5.41, 5.74) is 5.34. The Bertz CT molecular complexity index is 859. The topological polar surface area (TPSA) is 117 Å². The molecule has 47 heavy (non-hydrogen) atoms. The maximum absolute atomic E-state index is 12.5. The van der Waals surface area contributed by atoms with Crippen molar-refractivity contribution in [2.75, 3.05) is 33.0 Å². The van der Waals surface area contributed by atoms with Gasteiger partial charge in [0.25, 0.3) is 0 Å². The largest absolute Gasteiger partial charge is 0.472 e. The molecule has 0 heterocycles. The number of hydrogen-bond acceptors (Lipinski definition) is 7. The highest BCUT2D eigenvalue weighted by molar-refractivity contribution is 7.47. The molecule has 0 aliphatic carbocycles. The molecule has 0 bridgehead atoms. The Morgan fingerprint density at radius 1 is 0.660 bits per heavy atom. The fourth-order valence-electron chi connectivity index (χ4n) is 4.77. The molecule has 0 saturated carbocycles. The lowest BCUT2D eigenvalue weighted by Crippen LogP contribution is -2.28. The summed E-state index contributed by atoms with van der Waals surface area (Å²) in [6.45, 7) is 4.72. The predicted octanol–water partition coefficient (Wildman–Crippen LogP) is 10.5. The molecule has 9 heteroatoms. The van der Waals surface area contributed by atoms with Crippen LogP contribution in [-0.4, -0.2) is 49.9 Å². The maximum atomic E-state index is 12.5. The van der Waals surface area contributed by atoms with Gasteiger partial charge in [-0.25, -0.2) is 4.57 Å². The molecule has 0 rings (SSSR count). The minimum Gasteiger partial charge on any atom is -0.457 e. The number of phosphoric acid groups is 1. The molecule has 0 aliphatic heterocycles. The summed E-state index contributed by atoms with van der Waals surface area (Å²) in [4.78, 5) is 22.3.